The molecule has 1 heterocycles. The van der Waals surface area contributed by atoms with E-state index in [4.69, 9.17) is 19.0 Å². The Balaban J connectivity index is 0.00000248. The number of oxazole rings is 1. The van der Waals surface area contributed by atoms with Crippen LogP contribution >= 0.6 is 0 Å². The topological polar surface area (TPSA) is 111 Å². The minimum Gasteiger partial charge on any atom is -0.484 e. The van der Waals surface area contributed by atoms with Gasteiger partial charge in [-0.05, 0) is 67.1 Å². The fourth-order valence-corrected chi connectivity index (χ4v) is 3.81. The molecule has 228 valence electrons. The van der Waals surface area contributed by atoms with Gasteiger partial charge in [0.1, 0.15) is 22.9 Å². The van der Waals surface area contributed by atoms with Crippen molar-refractivity contribution in [1.29, 1.82) is 0 Å². The lowest BCUT2D eigenvalue weighted by Crippen LogP contribution is -2.21. The van der Waals surface area contributed by atoms with Crippen molar-refractivity contribution in [3.63, 3.8) is 0 Å². The molecule has 4 aromatic rings. The molecule has 1 N–H and O–H groups in total. The summed E-state index contributed by atoms with van der Waals surface area (Å²) in [5.74, 6) is -0.349. The second-order valence-corrected chi connectivity index (χ2v) is 9.03. The zero-order chi connectivity index (χ0) is 31.7. The second kappa shape index (κ2) is 14.3. The Morgan fingerprint density at radius 3 is 2.07 bits per heavy atom. The number of hydrogen-bond acceptors (Lipinski definition) is 7. The molecule has 0 saturated carbocycles. The van der Waals surface area contributed by atoms with Gasteiger partial charge in [-0.1, -0.05) is 26.0 Å². The molecule has 0 spiro atoms. The average Bonchev–Trinajstić information content (AvgIpc) is 3.40. The molecule has 0 unspecified atom stereocenters. The van der Waals surface area contributed by atoms with Crippen LogP contribution in [0.2, 0.25) is 0 Å². The first kappa shape index (κ1) is 32.5. The number of aryl methyl sites for hydroxylation is 1. The molecule has 43 heavy (non-hydrogen) atoms. The zero-order valence-corrected chi connectivity index (χ0v) is 24.2. The SMILES string of the molecule is CC.Cc1cc(OCc2nc(-c3ccc(C(=O)N(C)C)cc3)c(-c3ccc(OC(F)(F)F)cc3)o2)ccc1OCC(=O)O. The number of benzene rings is 3. The summed E-state index contributed by atoms with van der Waals surface area (Å²) in [6, 6.07) is 16.7. The number of halogens is 3. The van der Waals surface area contributed by atoms with Gasteiger partial charge < -0.3 is 28.6 Å². The van der Waals surface area contributed by atoms with Gasteiger partial charge in [0.25, 0.3) is 5.91 Å². The standard InChI is InChI=1S/C29H25F3N2O7.C2H6/c1-17-14-22(12-13-23(17)39-16-25(35)36)38-15-24-33-26(18-4-6-20(7-5-18)28(37)34(2)3)27(40-24)19-8-10-21(11-9-19)41-29(30,31)32;1-2/h4-14H,15-16H2,1-3H3,(H,35,36);1-2H3. The molecule has 12 heteroatoms. The summed E-state index contributed by atoms with van der Waals surface area (Å²) in [6.45, 7) is 5.17. The van der Waals surface area contributed by atoms with Crippen molar-refractivity contribution < 1.29 is 46.5 Å². The van der Waals surface area contributed by atoms with Crippen LogP contribution in [0.4, 0.5) is 13.2 Å². The summed E-state index contributed by atoms with van der Waals surface area (Å²) in [7, 11) is 3.28. The van der Waals surface area contributed by atoms with Crippen molar-refractivity contribution in [2.24, 2.45) is 0 Å². The van der Waals surface area contributed by atoms with Crippen molar-refractivity contribution in [1.82, 2.24) is 9.88 Å². The van der Waals surface area contributed by atoms with Gasteiger partial charge in [-0.25, -0.2) is 9.78 Å². The van der Waals surface area contributed by atoms with Gasteiger partial charge in [0.05, 0.1) is 0 Å². The smallest absolute Gasteiger partial charge is 0.484 e. The lowest BCUT2D eigenvalue weighted by molar-refractivity contribution is -0.274. The number of rotatable bonds is 10. The summed E-state index contributed by atoms with van der Waals surface area (Å²) in [5, 5.41) is 8.80. The highest BCUT2D eigenvalue weighted by Crippen LogP contribution is 2.35. The van der Waals surface area contributed by atoms with Crippen LogP contribution in [-0.2, 0) is 11.4 Å². The maximum Gasteiger partial charge on any atom is 0.573 e. The number of carbonyl (C=O) groups excluding carboxylic acids is 1. The first-order valence-corrected chi connectivity index (χ1v) is 13.2. The summed E-state index contributed by atoms with van der Waals surface area (Å²) in [5.41, 5.74) is 2.57. The number of ether oxygens (including phenoxy) is 3. The van der Waals surface area contributed by atoms with Crippen molar-refractivity contribution in [2.45, 2.75) is 33.7 Å². The molecule has 0 radical (unpaired) electrons. The van der Waals surface area contributed by atoms with Crippen molar-refractivity contribution in [3.8, 4) is 39.8 Å². The normalized spacial score (nSPS) is 10.8. The van der Waals surface area contributed by atoms with E-state index >= 15 is 0 Å². The van der Waals surface area contributed by atoms with Crippen LogP contribution in [0.5, 0.6) is 17.2 Å². The Bertz CT molecular complexity index is 1530. The van der Waals surface area contributed by atoms with Gasteiger partial charge in [-0.3, -0.25) is 4.79 Å². The van der Waals surface area contributed by atoms with E-state index in [0.717, 1.165) is 0 Å². The van der Waals surface area contributed by atoms with Gasteiger partial charge in [0.15, 0.2) is 19.0 Å². The van der Waals surface area contributed by atoms with E-state index < -0.39 is 18.9 Å². The van der Waals surface area contributed by atoms with E-state index in [2.05, 4.69) is 9.72 Å². The number of aliphatic carboxylic acids is 1. The number of carbonyl (C=O) groups is 2. The molecular weight excluding hydrogens is 569 g/mol. The molecular formula is C31H31F3N2O7. The van der Waals surface area contributed by atoms with Gasteiger partial charge in [-0.15, -0.1) is 13.2 Å². The van der Waals surface area contributed by atoms with E-state index in [1.807, 2.05) is 13.8 Å². The minimum atomic E-state index is -4.83. The van der Waals surface area contributed by atoms with Gasteiger partial charge in [0.2, 0.25) is 5.89 Å². The van der Waals surface area contributed by atoms with Gasteiger partial charge in [-0.2, -0.15) is 0 Å². The predicted octanol–water partition coefficient (Wildman–Crippen LogP) is 6.99. The molecule has 1 aromatic heterocycles. The van der Waals surface area contributed by atoms with Gasteiger partial charge in [0, 0.05) is 30.8 Å². The highest BCUT2D eigenvalue weighted by molar-refractivity contribution is 5.94. The predicted molar refractivity (Wildman–Crippen MR) is 152 cm³/mol. The highest BCUT2D eigenvalue weighted by atomic mass is 19.4. The van der Waals surface area contributed by atoms with E-state index in [1.165, 1.54) is 29.2 Å². The van der Waals surface area contributed by atoms with Crippen molar-refractivity contribution in [3.05, 3.63) is 83.7 Å². The third-order valence-electron chi connectivity index (χ3n) is 5.69. The summed E-state index contributed by atoms with van der Waals surface area (Å²) in [6.07, 6.45) is -4.83. The Morgan fingerprint density at radius 2 is 1.51 bits per heavy atom. The Hall–Kier alpha value is -5.00. The maximum atomic E-state index is 12.6. The Labute approximate surface area is 246 Å². The summed E-state index contributed by atoms with van der Waals surface area (Å²) in [4.78, 5) is 29.1. The van der Waals surface area contributed by atoms with E-state index in [-0.39, 0.29) is 29.9 Å². The van der Waals surface area contributed by atoms with Crippen molar-refractivity contribution >= 4 is 11.9 Å². The molecule has 0 atom stereocenters. The summed E-state index contributed by atoms with van der Waals surface area (Å²) < 4.78 is 58.8. The van der Waals surface area contributed by atoms with Crippen LogP contribution in [-0.4, -0.2) is 53.9 Å². The quantitative estimate of drug-likeness (QED) is 0.207. The number of hydrogen-bond donors (Lipinski definition) is 1. The van der Waals surface area contributed by atoms with Crippen LogP contribution in [0.25, 0.3) is 22.6 Å². The molecule has 3 aromatic carbocycles. The monoisotopic (exact) mass is 600 g/mol. The maximum absolute atomic E-state index is 12.6. The number of amides is 1. The molecule has 0 bridgehead atoms. The third kappa shape index (κ3) is 8.99. The molecule has 0 aliphatic carbocycles. The van der Waals surface area contributed by atoms with Crippen LogP contribution in [0.3, 0.4) is 0 Å². The van der Waals surface area contributed by atoms with Crippen LogP contribution in [0.15, 0.2) is 71.1 Å². The van der Waals surface area contributed by atoms with Crippen LogP contribution in [0, 0.1) is 6.92 Å². The largest absolute Gasteiger partial charge is 0.573 e. The molecule has 0 saturated heterocycles. The fraction of sp³-hybridized carbons (Fsp3) is 0.258. The lowest BCUT2D eigenvalue weighted by atomic mass is 10.0. The molecule has 1 amide bonds. The third-order valence-corrected chi connectivity index (χ3v) is 5.69. The van der Waals surface area contributed by atoms with Gasteiger partial charge >= 0.3 is 12.3 Å². The number of carboxylic acids is 1. The van der Waals surface area contributed by atoms with Crippen LogP contribution in [0.1, 0.15) is 35.7 Å². The molecule has 4 rings (SSSR count). The lowest BCUT2D eigenvalue weighted by Gasteiger charge is -2.10. The molecule has 0 fully saturated rings. The Kier molecular flexibility index (Phi) is 10.8. The second-order valence-electron chi connectivity index (χ2n) is 9.03. The number of nitrogens with zero attached hydrogens (tertiary/aromatic N) is 2. The van der Waals surface area contributed by atoms with E-state index in [1.54, 1.807) is 63.5 Å². The van der Waals surface area contributed by atoms with E-state index in [0.29, 0.717) is 39.4 Å². The van der Waals surface area contributed by atoms with E-state index in [9.17, 15) is 22.8 Å². The molecule has 0 aliphatic rings. The minimum absolute atomic E-state index is 0.0891. The first-order chi connectivity index (χ1) is 20.4. The van der Waals surface area contributed by atoms with Crippen molar-refractivity contribution in [2.75, 3.05) is 20.7 Å². The first-order valence-electron chi connectivity index (χ1n) is 13.2. The average molecular weight is 601 g/mol. The zero-order valence-electron chi connectivity index (χ0n) is 24.2. The Morgan fingerprint density at radius 1 is 0.907 bits per heavy atom. The number of alkyl halides is 3. The van der Waals surface area contributed by atoms with Crippen LogP contribution < -0.4 is 14.2 Å². The summed E-state index contributed by atoms with van der Waals surface area (Å²) >= 11 is 0. The highest BCUT2D eigenvalue weighted by Gasteiger charge is 2.31. The number of carboxylic acid groups (broad SMARTS) is 1. The molecule has 0 aliphatic heterocycles. The fourth-order valence-electron chi connectivity index (χ4n) is 3.81. The number of aromatic nitrogens is 1. The molecule has 9 nitrogen and oxygen atoms in total.